The van der Waals surface area contributed by atoms with Crippen LogP contribution in [0, 0.1) is 0 Å². The number of carbonyl (C=O) groups is 1. The van der Waals surface area contributed by atoms with E-state index >= 15 is 0 Å². The number of nitrogens with one attached hydrogen (secondary N) is 1. The van der Waals surface area contributed by atoms with Crippen molar-refractivity contribution in [2.45, 2.75) is 77.2 Å². The van der Waals surface area contributed by atoms with Crippen molar-refractivity contribution in [1.82, 2.24) is 5.32 Å². The molecule has 1 rings (SSSR count). The molecule has 142 valence electrons. The number of rotatable bonds is 13. The molecule has 1 aromatic carbocycles. The molecule has 4 nitrogen and oxygen atoms in total. The predicted octanol–water partition coefficient (Wildman–Crippen LogP) is 3.69. The second-order valence-corrected chi connectivity index (χ2v) is 7.00. The summed E-state index contributed by atoms with van der Waals surface area (Å²) in [5.41, 5.74) is 0.873. The van der Waals surface area contributed by atoms with Crippen molar-refractivity contribution >= 4 is 5.91 Å². The summed E-state index contributed by atoms with van der Waals surface area (Å²) < 4.78 is 0. The molecule has 0 saturated carbocycles. The number of amides is 1. The van der Waals surface area contributed by atoms with Crippen LogP contribution in [0.25, 0.3) is 0 Å². The predicted molar refractivity (Wildman–Crippen MR) is 102 cm³/mol. The van der Waals surface area contributed by atoms with Gasteiger partial charge in [-0.3, -0.25) is 4.79 Å². The molecule has 1 amide bonds. The van der Waals surface area contributed by atoms with E-state index in [-0.39, 0.29) is 19.1 Å². The van der Waals surface area contributed by atoms with E-state index in [9.17, 15) is 15.0 Å². The summed E-state index contributed by atoms with van der Waals surface area (Å²) in [6, 6.07) is 7.84. The number of hydrogen-bond donors (Lipinski definition) is 3. The Morgan fingerprint density at radius 3 is 1.92 bits per heavy atom. The van der Waals surface area contributed by atoms with Gasteiger partial charge in [-0.15, -0.1) is 0 Å². The van der Waals surface area contributed by atoms with Crippen molar-refractivity contribution in [3.05, 3.63) is 35.4 Å². The first-order valence-electron chi connectivity index (χ1n) is 9.68. The highest BCUT2D eigenvalue weighted by Crippen LogP contribution is 2.22. The average Bonchev–Trinajstić information content (AvgIpc) is 2.62. The van der Waals surface area contributed by atoms with Gasteiger partial charge in [0, 0.05) is 6.92 Å². The summed E-state index contributed by atoms with van der Waals surface area (Å²) in [6.07, 6.45) is 11.5. The zero-order valence-corrected chi connectivity index (χ0v) is 15.9. The van der Waals surface area contributed by atoms with Crippen LogP contribution >= 0.6 is 0 Å². The monoisotopic (exact) mass is 349 g/mol. The van der Waals surface area contributed by atoms with Crippen molar-refractivity contribution in [3.8, 4) is 0 Å². The summed E-state index contributed by atoms with van der Waals surface area (Å²) in [5, 5.41) is 22.0. The van der Waals surface area contributed by atoms with Crippen LogP contribution in [0.4, 0.5) is 0 Å². The average molecular weight is 350 g/mol. The number of hydrogen-bond acceptors (Lipinski definition) is 3. The second kappa shape index (κ2) is 12.0. The maximum atomic E-state index is 11.4. The molecular formula is C21H35NO3. The van der Waals surface area contributed by atoms with E-state index in [0.717, 1.165) is 12.0 Å². The maximum absolute atomic E-state index is 11.4. The van der Waals surface area contributed by atoms with Crippen LogP contribution in [0.1, 0.15) is 76.3 Å². The molecule has 0 saturated heterocycles. The van der Waals surface area contributed by atoms with Gasteiger partial charge in [0.2, 0.25) is 5.91 Å². The molecule has 0 spiro atoms. The molecule has 0 aliphatic rings. The van der Waals surface area contributed by atoms with Crippen LogP contribution in [-0.2, 0) is 16.8 Å². The van der Waals surface area contributed by atoms with E-state index in [1.54, 1.807) is 0 Å². The Balaban J connectivity index is 2.43. The maximum Gasteiger partial charge on any atom is 0.217 e. The largest absolute Gasteiger partial charge is 0.393 e. The van der Waals surface area contributed by atoms with Crippen LogP contribution < -0.4 is 5.32 Å². The van der Waals surface area contributed by atoms with Crippen molar-refractivity contribution in [2.24, 2.45) is 0 Å². The van der Waals surface area contributed by atoms with Gasteiger partial charge in [0.05, 0.1) is 13.2 Å². The number of unbranched alkanes of at least 4 members (excludes halogenated alkanes) is 7. The fourth-order valence-electron chi connectivity index (χ4n) is 3.17. The Morgan fingerprint density at radius 1 is 0.920 bits per heavy atom. The molecule has 0 aliphatic carbocycles. The summed E-state index contributed by atoms with van der Waals surface area (Å²) in [5.74, 6) is -0.272. The van der Waals surface area contributed by atoms with Gasteiger partial charge in [-0.25, -0.2) is 0 Å². The molecule has 0 aromatic heterocycles. The van der Waals surface area contributed by atoms with Crippen LogP contribution in [0.5, 0.6) is 0 Å². The minimum atomic E-state index is -1.11. The minimum Gasteiger partial charge on any atom is -0.393 e. The molecule has 0 fully saturated rings. The molecule has 0 heterocycles. The Labute approximate surface area is 152 Å². The third kappa shape index (κ3) is 7.57. The van der Waals surface area contributed by atoms with Crippen LogP contribution in [0.2, 0.25) is 0 Å². The summed E-state index contributed by atoms with van der Waals surface area (Å²) in [4.78, 5) is 11.4. The zero-order valence-electron chi connectivity index (χ0n) is 15.9. The normalized spacial score (nSPS) is 11.5. The second-order valence-electron chi connectivity index (χ2n) is 7.00. The number of aliphatic hydroxyl groups is 2. The Bertz CT molecular complexity index is 480. The number of aliphatic hydroxyl groups excluding tert-OH is 2. The van der Waals surface area contributed by atoms with E-state index in [1.807, 2.05) is 24.3 Å². The first-order chi connectivity index (χ1) is 12.1. The molecule has 25 heavy (non-hydrogen) atoms. The first kappa shape index (κ1) is 21.7. The van der Waals surface area contributed by atoms with E-state index < -0.39 is 5.54 Å². The van der Waals surface area contributed by atoms with E-state index in [1.165, 1.54) is 63.9 Å². The van der Waals surface area contributed by atoms with Gasteiger partial charge < -0.3 is 15.5 Å². The molecule has 0 radical (unpaired) electrons. The number of aryl methyl sites for hydroxylation is 1. The summed E-state index contributed by atoms with van der Waals surface area (Å²) in [7, 11) is 0. The van der Waals surface area contributed by atoms with Crippen molar-refractivity contribution < 1.29 is 15.0 Å². The van der Waals surface area contributed by atoms with Crippen LogP contribution in [0.3, 0.4) is 0 Å². The zero-order chi connectivity index (χ0) is 18.5. The van der Waals surface area contributed by atoms with E-state index in [0.29, 0.717) is 0 Å². The van der Waals surface area contributed by atoms with Gasteiger partial charge in [0.1, 0.15) is 5.54 Å². The van der Waals surface area contributed by atoms with E-state index in [2.05, 4.69) is 12.2 Å². The fourth-order valence-corrected chi connectivity index (χ4v) is 3.17. The molecular weight excluding hydrogens is 314 g/mol. The fraction of sp³-hybridized carbons (Fsp3) is 0.667. The lowest BCUT2D eigenvalue weighted by Gasteiger charge is -2.31. The lowest BCUT2D eigenvalue weighted by Crippen LogP contribution is -2.50. The molecule has 0 bridgehead atoms. The highest BCUT2D eigenvalue weighted by atomic mass is 16.3. The molecule has 3 N–H and O–H groups in total. The number of benzene rings is 1. The molecule has 0 unspecified atom stereocenters. The summed E-state index contributed by atoms with van der Waals surface area (Å²) >= 11 is 0. The van der Waals surface area contributed by atoms with Gasteiger partial charge in [-0.1, -0.05) is 76.1 Å². The molecule has 1 aromatic rings. The van der Waals surface area contributed by atoms with Crippen molar-refractivity contribution in [2.75, 3.05) is 13.2 Å². The van der Waals surface area contributed by atoms with Gasteiger partial charge in [0.15, 0.2) is 0 Å². The van der Waals surface area contributed by atoms with Gasteiger partial charge >= 0.3 is 0 Å². The summed E-state index contributed by atoms with van der Waals surface area (Å²) in [6.45, 7) is 2.96. The first-order valence-corrected chi connectivity index (χ1v) is 9.68. The molecule has 0 atom stereocenters. The smallest absolute Gasteiger partial charge is 0.217 e. The van der Waals surface area contributed by atoms with Gasteiger partial charge in [0.25, 0.3) is 0 Å². The molecule has 4 heteroatoms. The lowest BCUT2D eigenvalue weighted by molar-refractivity contribution is -0.122. The molecule has 0 aliphatic heterocycles. The third-order valence-corrected chi connectivity index (χ3v) is 4.78. The van der Waals surface area contributed by atoms with Crippen LogP contribution in [-0.4, -0.2) is 29.3 Å². The Kier molecular flexibility index (Phi) is 10.4. The number of carbonyl (C=O) groups excluding carboxylic acids is 1. The quantitative estimate of drug-likeness (QED) is 0.476. The highest BCUT2D eigenvalue weighted by Gasteiger charge is 2.31. The Morgan fingerprint density at radius 2 is 1.44 bits per heavy atom. The lowest BCUT2D eigenvalue weighted by atomic mass is 9.90. The standard InChI is InChI=1S/C21H35NO3/c1-3-4-5-6-7-8-9-10-11-19-12-14-20(15-13-19)21(16-23,17-24)22-18(2)25/h12-15,23-24H,3-11,16-17H2,1-2H3,(H,22,25). The van der Waals surface area contributed by atoms with Crippen LogP contribution in [0.15, 0.2) is 24.3 Å². The highest BCUT2D eigenvalue weighted by molar-refractivity contribution is 5.74. The van der Waals surface area contributed by atoms with Gasteiger partial charge in [-0.2, -0.15) is 0 Å². The van der Waals surface area contributed by atoms with Crippen molar-refractivity contribution in [3.63, 3.8) is 0 Å². The van der Waals surface area contributed by atoms with Gasteiger partial charge in [-0.05, 0) is 24.0 Å². The van der Waals surface area contributed by atoms with Crippen molar-refractivity contribution in [1.29, 1.82) is 0 Å². The van der Waals surface area contributed by atoms with E-state index in [4.69, 9.17) is 0 Å². The SMILES string of the molecule is CCCCCCCCCCc1ccc(C(CO)(CO)NC(C)=O)cc1. The minimum absolute atomic E-state index is 0.272. The Hall–Kier alpha value is -1.39. The third-order valence-electron chi connectivity index (χ3n) is 4.78. The topological polar surface area (TPSA) is 69.6 Å².